The zero-order valence-electron chi connectivity index (χ0n) is 11.0. The Morgan fingerprint density at radius 1 is 1.24 bits per heavy atom. The van der Waals surface area contributed by atoms with Gasteiger partial charge in [0.15, 0.2) is 0 Å². The Labute approximate surface area is 105 Å². The van der Waals surface area contributed by atoms with Crippen LogP contribution in [0.1, 0.15) is 51.9 Å². The van der Waals surface area contributed by atoms with Gasteiger partial charge in [-0.15, -0.1) is 0 Å². The first kappa shape index (κ1) is 12.9. The van der Waals surface area contributed by atoms with Crippen LogP contribution < -0.4 is 5.73 Å². The molecule has 3 nitrogen and oxygen atoms in total. The SMILES string of the molecule is CCC1CCCN1C(=O)C1CCC(CN)CC1. The summed E-state index contributed by atoms with van der Waals surface area (Å²) in [7, 11) is 0. The van der Waals surface area contributed by atoms with E-state index >= 15 is 0 Å². The molecule has 1 aliphatic heterocycles. The average Bonchev–Trinajstić information content (AvgIpc) is 2.86. The number of nitrogens with two attached hydrogens (primary N) is 1. The molecule has 17 heavy (non-hydrogen) atoms. The summed E-state index contributed by atoms with van der Waals surface area (Å²) >= 11 is 0. The van der Waals surface area contributed by atoms with Crippen LogP contribution in [0.4, 0.5) is 0 Å². The molecule has 1 atom stereocenters. The predicted molar refractivity (Wildman–Crippen MR) is 69.5 cm³/mol. The fraction of sp³-hybridized carbons (Fsp3) is 0.929. The molecule has 98 valence electrons. The topological polar surface area (TPSA) is 46.3 Å². The second-order valence-electron chi connectivity index (χ2n) is 5.69. The summed E-state index contributed by atoms with van der Waals surface area (Å²) in [6, 6.07) is 0.523. The molecule has 1 unspecified atom stereocenters. The van der Waals surface area contributed by atoms with Crippen molar-refractivity contribution in [3.63, 3.8) is 0 Å². The van der Waals surface area contributed by atoms with Gasteiger partial charge in [-0.05, 0) is 57.4 Å². The van der Waals surface area contributed by atoms with Crippen molar-refractivity contribution < 1.29 is 4.79 Å². The Hall–Kier alpha value is -0.570. The molecule has 0 bridgehead atoms. The molecule has 3 heteroatoms. The van der Waals surface area contributed by atoms with Crippen molar-refractivity contribution in [3.8, 4) is 0 Å². The van der Waals surface area contributed by atoms with E-state index in [0.29, 0.717) is 23.8 Å². The minimum absolute atomic E-state index is 0.296. The molecule has 1 heterocycles. The fourth-order valence-corrected chi connectivity index (χ4v) is 3.43. The fourth-order valence-electron chi connectivity index (χ4n) is 3.43. The molecule has 0 aromatic heterocycles. The van der Waals surface area contributed by atoms with Crippen molar-refractivity contribution >= 4 is 5.91 Å². The van der Waals surface area contributed by atoms with Crippen molar-refractivity contribution in [1.29, 1.82) is 0 Å². The number of carbonyl (C=O) groups is 1. The maximum Gasteiger partial charge on any atom is 0.225 e. The molecule has 0 aromatic rings. The molecule has 1 saturated carbocycles. The summed E-state index contributed by atoms with van der Waals surface area (Å²) in [6.07, 6.45) is 7.95. The maximum absolute atomic E-state index is 12.5. The molecule has 0 radical (unpaired) electrons. The van der Waals surface area contributed by atoms with Gasteiger partial charge < -0.3 is 10.6 Å². The standard InChI is InChI=1S/C14H26N2O/c1-2-13-4-3-9-16(13)14(17)12-7-5-11(10-15)6-8-12/h11-13H,2-10,15H2,1H3. The Balaban J connectivity index is 1.88. The summed E-state index contributed by atoms with van der Waals surface area (Å²) in [6.45, 7) is 3.98. The van der Waals surface area contributed by atoms with Crippen LogP contribution in [-0.2, 0) is 4.79 Å². The van der Waals surface area contributed by atoms with E-state index in [-0.39, 0.29) is 0 Å². The number of rotatable bonds is 3. The predicted octanol–water partition coefficient (Wildman–Crippen LogP) is 2.15. The zero-order chi connectivity index (χ0) is 12.3. The van der Waals surface area contributed by atoms with Crippen LogP contribution in [-0.4, -0.2) is 29.9 Å². The lowest BCUT2D eigenvalue weighted by Crippen LogP contribution is -2.40. The Morgan fingerprint density at radius 3 is 2.53 bits per heavy atom. The van der Waals surface area contributed by atoms with Crippen LogP contribution in [0, 0.1) is 11.8 Å². The molecule has 2 rings (SSSR count). The van der Waals surface area contributed by atoms with E-state index in [1.165, 1.54) is 12.8 Å². The maximum atomic E-state index is 12.5. The lowest BCUT2D eigenvalue weighted by Gasteiger charge is -2.32. The first-order valence-corrected chi connectivity index (χ1v) is 7.26. The van der Waals surface area contributed by atoms with E-state index < -0.39 is 0 Å². The van der Waals surface area contributed by atoms with E-state index in [9.17, 15) is 4.79 Å². The molecule has 2 N–H and O–H groups in total. The number of hydrogen-bond donors (Lipinski definition) is 1. The van der Waals surface area contributed by atoms with Crippen molar-refractivity contribution in [2.45, 2.75) is 57.9 Å². The summed E-state index contributed by atoms with van der Waals surface area (Å²) in [5, 5.41) is 0. The van der Waals surface area contributed by atoms with Crippen LogP contribution in [0.3, 0.4) is 0 Å². The molecule has 1 amide bonds. The zero-order valence-corrected chi connectivity index (χ0v) is 11.0. The summed E-state index contributed by atoms with van der Waals surface area (Å²) in [5.74, 6) is 1.40. The first-order chi connectivity index (χ1) is 8.26. The number of nitrogens with zero attached hydrogens (tertiary/aromatic N) is 1. The molecule has 2 aliphatic rings. The second-order valence-corrected chi connectivity index (χ2v) is 5.69. The van der Waals surface area contributed by atoms with Gasteiger partial charge in [0.25, 0.3) is 0 Å². The lowest BCUT2D eigenvalue weighted by molar-refractivity contribution is -0.137. The highest BCUT2D eigenvalue weighted by molar-refractivity contribution is 5.79. The van der Waals surface area contributed by atoms with Crippen molar-refractivity contribution in [1.82, 2.24) is 4.90 Å². The van der Waals surface area contributed by atoms with Gasteiger partial charge in [0.05, 0.1) is 0 Å². The molecule has 0 aromatic carbocycles. The number of carbonyl (C=O) groups excluding carboxylic acids is 1. The summed E-state index contributed by atoms with van der Waals surface area (Å²) < 4.78 is 0. The lowest BCUT2D eigenvalue weighted by atomic mass is 9.81. The van der Waals surface area contributed by atoms with Crippen LogP contribution in [0.25, 0.3) is 0 Å². The highest BCUT2D eigenvalue weighted by Crippen LogP contribution is 2.31. The third-order valence-electron chi connectivity index (χ3n) is 4.66. The van der Waals surface area contributed by atoms with Crippen molar-refractivity contribution in [2.24, 2.45) is 17.6 Å². The third kappa shape index (κ3) is 2.82. The first-order valence-electron chi connectivity index (χ1n) is 7.26. The second kappa shape index (κ2) is 5.85. The van der Waals surface area contributed by atoms with Gasteiger partial charge in [-0.3, -0.25) is 4.79 Å². The Bertz CT molecular complexity index is 259. The Morgan fingerprint density at radius 2 is 1.94 bits per heavy atom. The highest BCUT2D eigenvalue weighted by Gasteiger charge is 2.33. The van der Waals surface area contributed by atoms with E-state index in [1.807, 2.05) is 0 Å². The summed E-state index contributed by atoms with van der Waals surface area (Å²) in [5.41, 5.74) is 5.70. The van der Waals surface area contributed by atoms with Crippen molar-refractivity contribution in [3.05, 3.63) is 0 Å². The van der Waals surface area contributed by atoms with Gasteiger partial charge >= 0.3 is 0 Å². The van der Waals surface area contributed by atoms with E-state index in [0.717, 1.165) is 45.2 Å². The highest BCUT2D eigenvalue weighted by atomic mass is 16.2. The monoisotopic (exact) mass is 238 g/mol. The van der Waals surface area contributed by atoms with Gasteiger partial charge in [-0.2, -0.15) is 0 Å². The smallest absolute Gasteiger partial charge is 0.225 e. The molecule has 2 fully saturated rings. The summed E-state index contributed by atoms with van der Waals surface area (Å²) in [4.78, 5) is 14.6. The molecule has 1 aliphatic carbocycles. The normalized spacial score (nSPS) is 34.0. The largest absolute Gasteiger partial charge is 0.339 e. The number of amides is 1. The molecular formula is C14H26N2O. The minimum Gasteiger partial charge on any atom is -0.339 e. The van der Waals surface area contributed by atoms with Crippen LogP contribution in [0.15, 0.2) is 0 Å². The van der Waals surface area contributed by atoms with Gasteiger partial charge in [0, 0.05) is 18.5 Å². The third-order valence-corrected chi connectivity index (χ3v) is 4.66. The van der Waals surface area contributed by atoms with Crippen LogP contribution in [0.2, 0.25) is 0 Å². The van der Waals surface area contributed by atoms with E-state index in [1.54, 1.807) is 0 Å². The average molecular weight is 238 g/mol. The molecular weight excluding hydrogens is 212 g/mol. The van der Waals surface area contributed by atoms with Crippen molar-refractivity contribution in [2.75, 3.05) is 13.1 Å². The number of likely N-dealkylation sites (tertiary alicyclic amines) is 1. The van der Waals surface area contributed by atoms with Gasteiger partial charge in [0.2, 0.25) is 5.91 Å². The number of hydrogen-bond acceptors (Lipinski definition) is 2. The van der Waals surface area contributed by atoms with Gasteiger partial charge in [0.1, 0.15) is 0 Å². The minimum atomic E-state index is 0.296. The van der Waals surface area contributed by atoms with E-state index in [2.05, 4.69) is 11.8 Å². The molecule has 1 saturated heterocycles. The Kier molecular flexibility index (Phi) is 4.43. The van der Waals surface area contributed by atoms with Gasteiger partial charge in [-0.1, -0.05) is 6.92 Å². The van der Waals surface area contributed by atoms with Crippen LogP contribution >= 0.6 is 0 Å². The van der Waals surface area contributed by atoms with Gasteiger partial charge in [-0.25, -0.2) is 0 Å². The quantitative estimate of drug-likeness (QED) is 0.819. The van der Waals surface area contributed by atoms with E-state index in [4.69, 9.17) is 5.73 Å². The van der Waals surface area contributed by atoms with Crippen LogP contribution in [0.5, 0.6) is 0 Å². The molecule has 0 spiro atoms.